The van der Waals surface area contributed by atoms with Crippen molar-refractivity contribution in [2.75, 3.05) is 13.2 Å². The summed E-state index contributed by atoms with van der Waals surface area (Å²) in [5.41, 5.74) is 0. The molecule has 0 fully saturated rings. The van der Waals surface area contributed by atoms with Gasteiger partial charge in [0.25, 0.3) is 0 Å². The van der Waals surface area contributed by atoms with E-state index < -0.39 is 12.1 Å². The Labute approximate surface area is 474 Å². The van der Waals surface area contributed by atoms with Crippen LogP contribution in [-0.2, 0) is 14.3 Å². The third-order valence-electron chi connectivity index (χ3n) is 15.9. The minimum atomic E-state index is -0.666. The second kappa shape index (κ2) is 65.6. The molecule has 0 aromatic heterocycles. The summed E-state index contributed by atoms with van der Waals surface area (Å²) in [5.74, 6) is -0.0315. The van der Waals surface area contributed by atoms with Gasteiger partial charge >= 0.3 is 5.97 Å². The number of amides is 1. The molecule has 6 heteroatoms. The number of hydrogen-bond donors (Lipinski definition) is 3. The van der Waals surface area contributed by atoms with E-state index in [4.69, 9.17) is 4.74 Å². The number of aliphatic hydroxyl groups excluding tert-OH is 2. The average molecular weight is 1070 g/mol. The van der Waals surface area contributed by atoms with Gasteiger partial charge in [0.05, 0.1) is 25.4 Å². The first-order chi connectivity index (χ1) is 37.5. The van der Waals surface area contributed by atoms with Crippen LogP contribution in [0.15, 0.2) is 36.5 Å². The normalized spacial score (nSPS) is 12.7. The molecule has 2 atom stereocenters. The monoisotopic (exact) mass is 1070 g/mol. The lowest BCUT2D eigenvalue weighted by Crippen LogP contribution is -2.45. The fourth-order valence-electron chi connectivity index (χ4n) is 10.7. The number of aliphatic hydroxyl groups is 2. The van der Waals surface area contributed by atoms with Crippen molar-refractivity contribution in [2.24, 2.45) is 0 Å². The molecule has 0 aromatic carbocycles. The third kappa shape index (κ3) is 61.3. The minimum absolute atomic E-state index is 0.00111. The lowest BCUT2D eigenvalue weighted by atomic mass is 10.0. The highest BCUT2D eigenvalue weighted by Gasteiger charge is 2.20. The summed E-state index contributed by atoms with van der Waals surface area (Å²) in [6, 6.07) is -0.543. The van der Waals surface area contributed by atoms with Crippen LogP contribution in [0.4, 0.5) is 0 Å². The fraction of sp³-hybridized carbons (Fsp3) is 0.886. The molecule has 0 aliphatic heterocycles. The summed E-state index contributed by atoms with van der Waals surface area (Å²) in [5, 5.41) is 23.4. The first-order valence-electron chi connectivity index (χ1n) is 34.2. The quantitative estimate of drug-likeness (QED) is 0.0320. The van der Waals surface area contributed by atoms with Crippen molar-refractivity contribution < 1.29 is 24.5 Å². The molecule has 0 spiro atoms. The maximum atomic E-state index is 12.5. The first-order valence-corrected chi connectivity index (χ1v) is 34.2. The van der Waals surface area contributed by atoms with Gasteiger partial charge in [-0.05, 0) is 77.0 Å². The van der Waals surface area contributed by atoms with Crippen molar-refractivity contribution >= 4 is 11.9 Å². The van der Waals surface area contributed by atoms with Gasteiger partial charge in [-0.3, -0.25) is 9.59 Å². The maximum absolute atomic E-state index is 12.5. The van der Waals surface area contributed by atoms with E-state index in [0.717, 1.165) is 51.4 Å². The van der Waals surface area contributed by atoms with E-state index in [-0.39, 0.29) is 18.5 Å². The highest BCUT2D eigenvalue weighted by atomic mass is 16.5. The first kappa shape index (κ1) is 74.1. The van der Waals surface area contributed by atoms with E-state index >= 15 is 0 Å². The van der Waals surface area contributed by atoms with Gasteiger partial charge in [0, 0.05) is 12.8 Å². The lowest BCUT2D eigenvalue weighted by molar-refractivity contribution is -0.143. The van der Waals surface area contributed by atoms with Crippen molar-refractivity contribution in [3.63, 3.8) is 0 Å². The molecule has 0 bridgehead atoms. The number of carbonyl (C=O) groups excluding carboxylic acids is 2. The summed E-state index contributed by atoms with van der Waals surface area (Å²) in [7, 11) is 0. The number of hydrogen-bond acceptors (Lipinski definition) is 5. The number of allylic oxidation sites excluding steroid dienone is 6. The van der Waals surface area contributed by atoms with Crippen LogP contribution in [-0.4, -0.2) is 47.4 Å². The number of ether oxygens (including phenoxy) is 1. The van der Waals surface area contributed by atoms with Gasteiger partial charge in [0.1, 0.15) is 0 Å². The lowest BCUT2D eigenvalue weighted by Gasteiger charge is -2.22. The Balaban J connectivity index is 3.41. The SMILES string of the molecule is CCCC/C=C\CCCCCCCC(=O)OCCCCCCCCCCC/C=C\C/C=C\CCCCCCCCCCCCCCCC(=O)NC(CO)C(O)CCCCCCCCCCCCCCCCCCCCC. The van der Waals surface area contributed by atoms with Crippen LogP contribution in [0.1, 0.15) is 373 Å². The van der Waals surface area contributed by atoms with E-state index in [1.807, 2.05) is 0 Å². The molecular weight excluding hydrogens is 935 g/mol. The smallest absolute Gasteiger partial charge is 0.305 e. The van der Waals surface area contributed by atoms with Gasteiger partial charge < -0.3 is 20.3 Å². The summed E-state index contributed by atoms with van der Waals surface area (Å²) in [6.45, 7) is 4.94. The van der Waals surface area contributed by atoms with Crippen LogP contribution >= 0.6 is 0 Å². The summed E-state index contributed by atoms with van der Waals surface area (Å²) in [6.07, 6.45) is 83.3. The van der Waals surface area contributed by atoms with E-state index in [9.17, 15) is 19.8 Å². The largest absolute Gasteiger partial charge is 0.466 e. The van der Waals surface area contributed by atoms with Crippen LogP contribution in [0.2, 0.25) is 0 Å². The van der Waals surface area contributed by atoms with Crippen LogP contribution in [0.5, 0.6) is 0 Å². The van der Waals surface area contributed by atoms with Gasteiger partial charge in [-0.2, -0.15) is 0 Å². The fourth-order valence-corrected chi connectivity index (χ4v) is 10.7. The van der Waals surface area contributed by atoms with E-state index in [1.165, 1.54) is 289 Å². The Morgan fingerprint density at radius 2 is 0.671 bits per heavy atom. The number of nitrogens with one attached hydrogen (secondary N) is 1. The van der Waals surface area contributed by atoms with Gasteiger partial charge in [-0.25, -0.2) is 0 Å². The molecule has 3 N–H and O–H groups in total. The molecule has 0 rings (SSSR count). The number of rotatable bonds is 64. The highest BCUT2D eigenvalue weighted by Crippen LogP contribution is 2.18. The Kier molecular flexibility index (Phi) is 63.9. The molecule has 76 heavy (non-hydrogen) atoms. The van der Waals surface area contributed by atoms with Crippen LogP contribution in [0, 0.1) is 0 Å². The molecular formula is C70H133NO5. The highest BCUT2D eigenvalue weighted by molar-refractivity contribution is 5.76. The Bertz CT molecular complexity index is 1230. The van der Waals surface area contributed by atoms with E-state index in [0.29, 0.717) is 25.9 Å². The molecule has 0 aliphatic rings. The minimum Gasteiger partial charge on any atom is -0.466 e. The standard InChI is InChI=1S/C70H133NO5/c1-3-5-7-9-11-13-15-16-17-18-30-33-36-39-43-46-50-54-58-62-68(73)67(66-72)71-69(74)63-59-55-51-47-44-40-37-34-31-28-26-24-22-20-19-21-23-25-27-29-32-35-38-41-45-49-53-57-61-65-76-70(75)64-60-56-52-48-42-14-12-10-8-6-4-2/h10,12,19,21,25,27,67-68,72-73H,3-9,11,13-18,20,22-24,26,28-66H2,1-2H3,(H,71,74)/b12-10-,21-19-,27-25-. The predicted molar refractivity (Wildman–Crippen MR) is 333 cm³/mol. The number of esters is 1. The molecule has 0 saturated heterocycles. The Morgan fingerprint density at radius 1 is 0.368 bits per heavy atom. The van der Waals surface area contributed by atoms with Gasteiger partial charge in [0.2, 0.25) is 5.91 Å². The zero-order valence-electron chi connectivity index (χ0n) is 51.3. The molecule has 0 radical (unpaired) electrons. The van der Waals surface area contributed by atoms with Gasteiger partial charge in [0.15, 0.2) is 0 Å². The Morgan fingerprint density at radius 3 is 1.05 bits per heavy atom. The van der Waals surface area contributed by atoms with Crippen molar-refractivity contribution in [1.82, 2.24) is 5.32 Å². The third-order valence-corrected chi connectivity index (χ3v) is 15.9. The average Bonchev–Trinajstić information content (AvgIpc) is 3.42. The molecule has 0 aliphatic carbocycles. The van der Waals surface area contributed by atoms with Crippen LogP contribution in [0.3, 0.4) is 0 Å². The zero-order valence-corrected chi connectivity index (χ0v) is 51.3. The molecule has 1 amide bonds. The summed E-state index contributed by atoms with van der Waals surface area (Å²) >= 11 is 0. The number of carbonyl (C=O) groups is 2. The maximum Gasteiger partial charge on any atom is 0.305 e. The van der Waals surface area contributed by atoms with Crippen molar-refractivity contribution in [2.45, 2.75) is 386 Å². The molecule has 448 valence electrons. The van der Waals surface area contributed by atoms with E-state index in [2.05, 4.69) is 55.6 Å². The molecule has 0 saturated carbocycles. The molecule has 0 aromatic rings. The predicted octanol–water partition coefficient (Wildman–Crippen LogP) is 21.9. The summed E-state index contributed by atoms with van der Waals surface area (Å²) < 4.78 is 5.46. The van der Waals surface area contributed by atoms with Crippen molar-refractivity contribution in [3.8, 4) is 0 Å². The molecule has 0 heterocycles. The van der Waals surface area contributed by atoms with Gasteiger partial charge in [-0.1, -0.05) is 320 Å². The second-order valence-corrected chi connectivity index (χ2v) is 23.5. The van der Waals surface area contributed by atoms with Crippen molar-refractivity contribution in [3.05, 3.63) is 36.5 Å². The van der Waals surface area contributed by atoms with Crippen molar-refractivity contribution in [1.29, 1.82) is 0 Å². The van der Waals surface area contributed by atoms with E-state index in [1.54, 1.807) is 0 Å². The second-order valence-electron chi connectivity index (χ2n) is 23.5. The topological polar surface area (TPSA) is 95.9 Å². The zero-order chi connectivity index (χ0) is 55.0. The number of unbranched alkanes of at least 4 members (excludes halogenated alkanes) is 47. The Hall–Kier alpha value is -1.92. The molecule has 2 unspecified atom stereocenters. The van der Waals surface area contributed by atoms with Crippen LogP contribution < -0.4 is 5.32 Å². The van der Waals surface area contributed by atoms with Crippen LogP contribution in [0.25, 0.3) is 0 Å². The summed E-state index contributed by atoms with van der Waals surface area (Å²) in [4.78, 5) is 24.5. The van der Waals surface area contributed by atoms with Gasteiger partial charge in [-0.15, -0.1) is 0 Å². The molecule has 6 nitrogen and oxygen atoms in total.